The van der Waals surface area contributed by atoms with Crippen LogP contribution in [0.1, 0.15) is 41.5 Å². The Morgan fingerprint density at radius 3 is 1.38 bits per heavy atom. The lowest BCUT2D eigenvalue weighted by Crippen LogP contribution is -2.49. The van der Waals surface area contributed by atoms with Crippen molar-refractivity contribution in [2.24, 2.45) is 4.66 Å². The van der Waals surface area contributed by atoms with Gasteiger partial charge in [0.25, 0.3) is 0 Å². The molecule has 0 N–H and O–H groups in total. The van der Waals surface area contributed by atoms with Gasteiger partial charge in [-0.05, 0) is 41.5 Å². The number of carbonyl (C=O) groups excluding carboxylic acids is 1. The molecular weight excluding hydrogens is 226 g/mol. The number of isocyanates is 1. The van der Waals surface area contributed by atoms with Gasteiger partial charge in [-0.1, -0.05) is 0 Å². The molecule has 16 heavy (non-hydrogen) atoms. The molecule has 0 unspecified atom stereocenters. The van der Waals surface area contributed by atoms with E-state index in [4.69, 9.17) is 13.3 Å². The second-order valence-corrected chi connectivity index (χ2v) is 6.21. The van der Waals surface area contributed by atoms with E-state index in [2.05, 4.69) is 4.66 Å². The Morgan fingerprint density at radius 1 is 0.875 bits per heavy atom. The Hall–Kier alpha value is -0.523. The summed E-state index contributed by atoms with van der Waals surface area (Å²) in [6, 6.07) is 0. The first-order valence-corrected chi connectivity index (χ1v) is 7.11. The third-order valence-electron chi connectivity index (χ3n) is 1.34. The molecular formula is C10H21NO4Si. The highest BCUT2D eigenvalue weighted by Crippen LogP contribution is 2.18. The van der Waals surface area contributed by atoms with Crippen LogP contribution < -0.4 is 0 Å². The third kappa shape index (κ3) is 6.15. The molecule has 6 heteroatoms. The maximum atomic E-state index is 10.5. The fourth-order valence-corrected chi connectivity index (χ4v) is 3.34. The Bertz CT molecular complexity index is 223. The highest BCUT2D eigenvalue weighted by Gasteiger charge is 2.46. The summed E-state index contributed by atoms with van der Waals surface area (Å²) < 4.78 is 20.3. The Kier molecular flexibility index (Phi) is 6.70. The van der Waals surface area contributed by atoms with Gasteiger partial charge < -0.3 is 13.3 Å². The molecule has 0 aliphatic carbocycles. The fourth-order valence-electron chi connectivity index (χ4n) is 1.11. The molecule has 5 nitrogen and oxygen atoms in total. The Balaban J connectivity index is 4.95. The second-order valence-electron chi connectivity index (χ2n) is 4.23. The van der Waals surface area contributed by atoms with Crippen LogP contribution in [0.25, 0.3) is 0 Å². The SMILES string of the molecule is CC(C)O[Si](N=C=O)(OC(C)C)OC(C)C. The number of hydrogen-bond donors (Lipinski definition) is 0. The van der Waals surface area contributed by atoms with Gasteiger partial charge in [0.1, 0.15) is 0 Å². The molecule has 0 amide bonds. The van der Waals surface area contributed by atoms with E-state index in [-0.39, 0.29) is 18.3 Å². The summed E-state index contributed by atoms with van der Waals surface area (Å²) in [5, 5.41) is 0. The summed E-state index contributed by atoms with van der Waals surface area (Å²) >= 11 is 0. The van der Waals surface area contributed by atoms with Crippen molar-refractivity contribution >= 4 is 15.0 Å². The van der Waals surface area contributed by atoms with E-state index in [9.17, 15) is 4.79 Å². The van der Waals surface area contributed by atoms with E-state index in [1.165, 1.54) is 6.08 Å². The molecule has 0 aromatic carbocycles. The molecule has 0 spiro atoms. The molecule has 0 heterocycles. The van der Waals surface area contributed by atoms with Gasteiger partial charge in [0.2, 0.25) is 6.08 Å². The largest absolute Gasteiger partial charge is 0.664 e. The molecule has 0 aliphatic rings. The zero-order valence-electron chi connectivity index (χ0n) is 10.8. The van der Waals surface area contributed by atoms with Gasteiger partial charge >= 0.3 is 8.97 Å². The Morgan fingerprint density at radius 2 is 1.19 bits per heavy atom. The van der Waals surface area contributed by atoms with Gasteiger partial charge in [-0.2, -0.15) is 4.66 Å². The standard InChI is InChI=1S/C10H21NO4Si/c1-8(2)13-16(11-7-12,14-9(3)4)15-10(5)6/h8-10H,1-6H3. The van der Waals surface area contributed by atoms with Crippen LogP contribution in [0, 0.1) is 0 Å². The van der Waals surface area contributed by atoms with Crippen LogP contribution in [0.4, 0.5) is 0 Å². The average Bonchev–Trinajstić information content (AvgIpc) is 1.98. The molecule has 0 saturated heterocycles. The van der Waals surface area contributed by atoms with E-state index in [1.54, 1.807) is 0 Å². The molecule has 0 bridgehead atoms. The summed E-state index contributed by atoms with van der Waals surface area (Å²) in [6.07, 6.45) is 1.11. The van der Waals surface area contributed by atoms with Gasteiger partial charge in [0.05, 0.1) is 0 Å². The molecule has 0 rings (SSSR count). The van der Waals surface area contributed by atoms with Gasteiger partial charge in [-0.15, -0.1) is 0 Å². The average molecular weight is 247 g/mol. The van der Waals surface area contributed by atoms with Crippen molar-refractivity contribution in [2.45, 2.75) is 59.9 Å². The first kappa shape index (κ1) is 15.5. The lowest BCUT2D eigenvalue weighted by atomic mass is 10.5. The molecule has 0 aliphatic heterocycles. The number of nitrogens with zero attached hydrogens (tertiary/aromatic N) is 1. The minimum atomic E-state index is -3.28. The molecule has 94 valence electrons. The molecule has 0 radical (unpaired) electrons. The van der Waals surface area contributed by atoms with Crippen LogP contribution in [-0.2, 0) is 18.1 Å². The summed E-state index contributed by atoms with van der Waals surface area (Å²) in [6.45, 7) is 11.1. The van der Waals surface area contributed by atoms with Crippen molar-refractivity contribution in [1.29, 1.82) is 0 Å². The van der Waals surface area contributed by atoms with E-state index in [0.29, 0.717) is 0 Å². The number of rotatable bonds is 7. The monoisotopic (exact) mass is 247 g/mol. The van der Waals surface area contributed by atoms with Crippen LogP contribution in [0.2, 0.25) is 0 Å². The van der Waals surface area contributed by atoms with Crippen molar-refractivity contribution in [1.82, 2.24) is 0 Å². The third-order valence-corrected chi connectivity index (χ3v) is 4.01. The zero-order valence-corrected chi connectivity index (χ0v) is 11.8. The van der Waals surface area contributed by atoms with Gasteiger partial charge in [-0.25, -0.2) is 4.79 Å². The van der Waals surface area contributed by atoms with Crippen LogP contribution in [0.3, 0.4) is 0 Å². The maximum Gasteiger partial charge on any atom is 0.664 e. The van der Waals surface area contributed by atoms with Gasteiger partial charge in [-0.3, -0.25) is 0 Å². The highest BCUT2D eigenvalue weighted by molar-refractivity contribution is 6.59. The quantitative estimate of drug-likeness (QED) is 0.392. The minimum Gasteiger partial charge on any atom is -0.353 e. The lowest BCUT2D eigenvalue weighted by Gasteiger charge is -2.28. The van der Waals surface area contributed by atoms with Crippen LogP contribution >= 0.6 is 0 Å². The summed E-state index contributed by atoms with van der Waals surface area (Å²) in [5.74, 6) is 0. The molecule has 0 saturated carbocycles. The first-order valence-electron chi connectivity index (χ1n) is 5.43. The molecule has 0 aromatic rings. The second kappa shape index (κ2) is 6.93. The van der Waals surface area contributed by atoms with E-state index < -0.39 is 8.97 Å². The summed E-state index contributed by atoms with van der Waals surface area (Å²) in [7, 11) is -3.28. The Labute approximate surface area is 98.3 Å². The smallest absolute Gasteiger partial charge is 0.353 e. The van der Waals surface area contributed by atoms with Crippen molar-refractivity contribution in [3.63, 3.8) is 0 Å². The summed E-state index contributed by atoms with van der Waals surface area (Å²) in [4.78, 5) is 10.5. The van der Waals surface area contributed by atoms with E-state index >= 15 is 0 Å². The lowest BCUT2D eigenvalue weighted by molar-refractivity contribution is 0.00452. The van der Waals surface area contributed by atoms with Crippen molar-refractivity contribution < 1.29 is 18.1 Å². The van der Waals surface area contributed by atoms with Gasteiger partial charge in [0.15, 0.2) is 0 Å². The molecule has 0 aromatic heterocycles. The molecule has 0 atom stereocenters. The molecule has 0 fully saturated rings. The maximum absolute atomic E-state index is 10.5. The van der Waals surface area contributed by atoms with E-state index in [0.717, 1.165) is 0 Å². The zero-order chi connectivity index (χ0) is 12.8. The van der Waals surface area contributed by atoms with Crippen LogP contribution in [-0.4, -0.2) is 33.4 Å². The first-order chi connectivity index (χ1) is 7.31. The van der Waals surface area contributed by atoms with Crippen LogP contribution in [0.5, 0.6) is 0 Å². The number of hydrogen-bond acceptors (Lipinski definition) is 5. The highest BCUT2D eigenvalue weighted by atomic mass is 28.4. The topological polar surface area (TPSA) is 57.1 Å². The van der Waals surface area contributed by atoms with Gasteiger partial charge in [0, 0.05) is 18.3 Å². The summed E-state index contributed by atoms with van der Waals surface area (Å²) in [5.41, 5.74) is 0. The van der Waals surface area contributed by atoms with E-state index in [1.807, 2.05) is 41.5 Å². The van der Waals surface area contributed by atoms with Crippen LogP contribution in [0.15, 0.2) is 4.66 Å². The fraction of sp³-hybridized carbons (Fsp3) is 0.900. The van der Waals surface area contributed by atoms with Crippen molar-refractivity contribution in [3.8, 4) is 0 Å². The predicted octanol–water partition coefficient (Wildman–Crippen LogP) is 2.03. The predicted molar refractivity (Wildman–Crippen MR) is 62.5 cm³/mol. The minimum absolute atomic E-state index is 0.124. The normalized spacial score (nSPS) is 12.3. The van der Waals surface area contributed by atoms with Crippen molar-refractivity contribution in [2.75, 3.05) is 0 Å². The van der Waals surface area contributed by atoms with Crippen molar-refractivity contribution in [3.05, 3.63) is 0 Å².